The fraction of sp³-hybridized carbons (Fsp3) is 0. The summed E-state index contributed by atoms with van der Waals surface area (Å²) in [5.41, 5.74) is 8.50. The number of urea groups is 1. The van der Waals surface area contributed by atoms with Crippen molar-refractivity contribution < 1.29 is 66.0 Å². The van der Waals surface area contributed by atoms with Crippen molar-refractivity contribution >= 4 is 13.9 Å². The second-order valence-electron chi connectivity index (χ2n) is 0.893. The number of carbonyl (C=O) groups excluding carboxylic acids is 1. The second-order valence-corrected chi connectivity index (χ2v) is 1.87. The Morgan fingerprint density at radius 2 is 1.33 bits per heavy atom. The first-order valence-corrected chi connectivity index (χ1v) is 3.08. The average molecular weight is 234 g/mol. The summed E-state index contributed by atoms with van der Waals surface area (Å²) in [6.45, 7) is 0. The van der Waals surface area contributed by atoms with Gasteiger partial charge in [0.25, 0.3) is 7.82 Å². The Morgan fingerprint density at radius 3 is 1.33 bits per heavy atom. The number of rotatable bonds is 0. The van der Waals surface area contributed by atoms with E-state index in [0.717, 1.165) is 0 Å². The topological polar surface area (TPSA) is 186 Å². The monoisotopic (exact) mass is 233 g/mol. The number of hydrogen-bond acceptors (Lipinski definition) is 3. The first-order valence-electron chi connectivity index (χ1n) is 1.55. The maximum Gasteiger partial charge on any atom is 1.00 e. The van der Waals surface area contributed by atoms with Crippen LogP contribution in [0, 0.1) is 0 Å². The van der Waals surface area contributed by atoms with Gasteiger partial charge in [-0.25, -0.2) is 4.79 Å². The quantitative estimate of drug-likeness (QED) is 0.205. The fourth-order valence-corrected chi connectivity index (χ4v) is 0. The Bertz CT molecular complexity index is 126. The summed E-state index contributed by atoms with van der Waals surface area (Å²) in [5.74, 6) is 0. The average Bonchev–Trinajstić information content (AvgIpc) is 1.19. The van der Waals surface area contributed by atoms with E-state index >= 15 is 0 Å². The van der Waals surface area contributed by atoms with Crippen molar-refractivity contribution in [3.63, 3.8) is 0 Å². The van der Waals surface area contributed by atoms with Crippen molar-refractivity contribution in [3.8, 4) is 0 Å². The third kappa shape index (κ3) is 2480. The zero-order valence-electron chi connectivity index (χ0n) is 6.60. The minimum absolute atomic E-state index is 0. The van der Waals surface area contributed by atoms with Crippen molar-refractivity contribution in [2.24, 2.45) is 11.5 Å². The minimum atomic E-state index is -4.89. The molecule has 0 aromatic rings. The van der Waals surface area contributed by atoms with E-state index in [1.165, 1.54) is 0 Å². The van der Waals surface area contributed by atoms with Crippen LogP contribution in [0.5, 0.6) is 0 Å². The Morgan fingerprint density at radius 1 is 1.33 bits per heavy atom. The summed E-state index contributed by atoms with van der Waals surface area (Å²) < 4.78 is 8.77. The summed E-state index contributed by atoms with van der Waals surface area (Å²) in [5, 5.41) is 0. The number of primary amides is 2. The molecule has 0 aromatic carbocycles. The Balaban J connectivity index is -0.0000000221. The number of carbonyl (C=O) groups is 1. The molecule has 0 heterocycles. The van der Waals surface area contributed by atoms with E-state index in [9.17, 15) is 0 Å². The number of hydrogen-bond donors (Lipinski definition) is 5. The van der Waals surface area contributed by atoms with Crippen LogP contribution in [0.4, 0.5) is 4.79 Å². The molecule has 11 heteroatoms. The Hall–Kier alpha value is 0.630. The van der Waals surface area contributed by atoms with E-state index in [-0.39, 0.29) is 48.1 Å². The van der Waals surface area contributed by atoms with Gasteiger partial charge in [-0.05, 0) is 0 Å². The van der Waals surface area contributed by atoms with Gasteiger partial charge in [0, 0.05) is 0 Å². The molecule has 8 nitrogen and oxygen atoms in total. The Kier molecular flexibility index (Phi) is 34.7. The fourth-order valence-electron chi connectivity index (χ4n) is 0. The van der Waals surface area contributed by atoms with Crippen LogP contribution in [0.25, 0.3) is 0 Å². The zero-order valence-corrected chi connectivity index (χ0v) is 10.2. The van der Waals surface area contributed by atoms with Crippen LogP contribution in [-0.4, -0.2) is 15.8 Å². The number of phosphoric acid groups is 1. The van der Waals surface area contributed by atoms with Crippen molar-refractivity contribution in [1.82, 2.24) is 6.15 Å². The molecule has 0 radical (unpaired) electrons. The van der Waals surface area contributed by atoms with E-state index in [4.69, 9.17) is 24.0 Å². The van der Waals surface area contributed by atoms with E-state index in [1.807, 2.05) is 0 Å². The van der Waals surface area contributed by atoms with Crippen molar-refractivity contribution in [1.29, 1.82) is 0 Å². The van der Waals surface area contributed by atoms with Gasteiger partial charge in [0.2, 0.25) is 0 Å². The van der Waals surface area contributed by atoms with Gasteiger partial charge in [-0.3, -0.25) is 4.57 Å². The standard InChI is InChI=1S/CH4N2O.ClH.H3N.Na.H3O4P/c2-1(3)4;;;;1-5(2,3)4/h(H4,2,3,4);1H;1H3;;(H3,1,2,3,4)/q;;;+1;/p-1. The van der Waals surface area contributed by atoms with Crippen LogP contribution in [0.2, 0.25) is 0 Å². The van der Waals surface area contributed by atoms with Gasteiger partial charge < -0.3 is 44.7 Å². The minimum Gasteiger partial charge on any atom is -1.00 e. The summed E-state index contributed by atoms with van der Waals surface area (Å²) in [6.07, 6.45) is 0. The van der Waals surface area contributed by atoms with Gasteiger partial charge in [-0.1, -0.05) is 0 Å². The maximum absolute atomic E-state index is 9.00. The molecule has 72 valence electrons. The number of nitrogens with two attached hydrogens (primary N) is 2. The normalized spacial score (nSPS) is 6.92. The third-order valence-electron chi connectivity index (χ3n) is 0. The number of quaternary nitrogens is 1. The molecule has 0 aliphatic carbocycles. The molecule has 0 aromatic heterocycles. The van der Waals surface area contributed by atoms with Gasteiger partial charge in [0.05, 0.1) is 0 Å². The molecule has 0 aliphatic rings. The van der Waals surface area contributed by atoms with Gasteiger partial charge in [0.1, 0.15) is 0 Å². The van der Waals surface area contributed by atoms with Crippen molar-refractivity contribution in [2.45, 2.75) is 0 Å². The van der Waals surface area contributed by atoms with Crippen LogP contribution < -0.4 is 64.5 Å². The summed E-state index contributed by atoms with van der Waals surface area (Å²) in [7, 11) is -4.89. The Labute approximate surface area is 97.2 Å². The summed E-state index contributed by atoms with van der Waals surface area (Å²) >= 11 is 0. The van der Waals surface area contributed by atoms with Crippen LogP contribution in [0.15, 0.2) is 0 Å². The van der Waals surface area contributed by atoms with Gasteiger partial charge in [-0.15, -0.1) is 0 Å². The van der Waals surface area contributed by atoms with Crippen LogP contribution in [0.3, 0.4) is 0 Å². The molecule has 2 amide bonds. The molecule has 0 spiro atoms. The molecule has 0 saturated carbocycles. The van der Waals surface area contributed by atoms with Crippen molar-refractivity contribution in [3.05, 3.63) is 0 Å². The first kappa shape index (κ1) is 29.3. The number of halogens is 1. The van der Waals surface area contributed by atoms with Gasteiger partial charge in [-0.2, -0.15) is 0 Å². The molecule has 10 N–H and O–H groups in total. The van der Waals surface area contributed by atoms with Crippen LogP contribution in [0.1, 0.15) is 0 Å². The smallest absolute Gasteiger partial charge is 1.00 e. The van der Waals surface area contributed by atoms with Gasteiger partial charge in [0.15, 0.2) is 0 Å². The summed E-state index contributed by atoms with van der Waals surface area (Å²) in [4.78, 5) is 31.9. The maximum atomic E-state index is 9.00. The first-order chi connectivity index (χ1) is 3.73. The van der Waals surface area contributed by atoms with Crippen LogP contribution >= 0.6 is 7.82 Å². The molecule has 0 aliphatic heterocycles. The SMILES string of the molecule is NC(N)=O.O=P([O-])(O)O.[Cl-].[NH4+].[Na+]. The second kappa shape index (κ2) is 14.2. The molecule has 0 bridgehead atoms. The van der Waals surface area contributed by atoms with E-state index in [2.05, 4.69) is 11.5 Å². The molecule has 0 atom stereocenters. The van der Waals surface area contributed by atoms with E-state index in [0.29, 0.717) is 0 Å². The molecule has 0 rings (SSSR count). The third-order valence-corrected chi connectivity index (χ3v) is 0. The predicted octanol–water partition coefficient (Wildman–Crippen LogP) is -8.15. The largest absolute Gasteiger partial charge is 1.00 e. The molecule has 0 unspecified atom stereocenters. The van der Waals surface area contributed by atoms with E-state index in [1.54, 1.807) is 0 Å². The molecule has 12 heavy (non-hydrogen) atoms. The molecule has 0 saturated heterocycles. The van der Waals surface area contributed by atoms with Crippen LogP contribution in [-0.2, 0) is 4.57 Å². The molecule has 0 fully saturated rings. The summed E-state index contributed by atoms with van der Waals surface area (Å²) in [6, 6.07) is -0.833. The zero-order chi connectivity index (χ0) is 8.08. The molecular formula is CH10ClN3NaO5P. The predicted molar refractivity (Wildman–Crippen MR) is 31.8 cm³/mol. The van der Waals surface area contributed by atoms with Crippen molar-refractivity contribution in [2.75, 3.05) is 0 Å². The number of amides is 2. The molecular weight excluding hydrogens is 223 g/mol. The van der Waals surface area contributed by atoms with Gasteiger partial charge >= 0.3 is 35.6 Å². The van der Waals surface area contributed by atoms with E-state index < -0.39 is 13.9 Å².